The van der Waals surface area contributed by atoms with Crippen LogP contribution in [-0.2, 0) is 21.3 Å². The van der Waals surface area contributed by atoms with Gasteiger partial charge in [0.25, 0.3) is 0 Å². The SMILES string of the molecule is COCCn1c(=NC(=O)c2ccc([N+](=O)[O-])o2)sc2cc(S(N)(=O)=O)ccc21. The van der Waals surface area contributed by atoms with E-state index < -0.39 is 26.7 Å². The van der Waals surface area contributed by atoms with Gasteiger partial charge in [0.1, 0.15) is 4.92 Å². The van der Waals surface area contributed by atoms with Crippen LogP contribution in [-0.4, -0.2) is 37.5 Å². The number of thiazole rings is 1. The second-order valence-electron chi connectivity index (χ2n) is 5.52. The van der Waals surface area contributed by atoms with E-state index in [1.165, 1.54) is 19.2 Å². The van der Waals surface area contributed by atoms with Crippen LogP contribution in [0.2, 0.25) is 0 Å². The molecule has 0 saturated heterocycles. The Morgan fingerprint density at radius 2 is 2.14 bits per heavy atom. The fraction of sp³-hybridized carbons (Fsp3) is 0.200. The molecule has 3 aromatic rings. The second-order valence-corrected chi connectivity index (χ2v) is 8.09. The van der Waals surface area contributed by atoms with E-state index in [0.29, 0.717) is 23.4 Å². The highest BCUT2D eigenvalue weighted by Crippen LogP contribution is 2.22. The van der Waals surface area contributed by atoms with E-state index in [1.54, 1.807) is 10.6 Å². The summed E-state index contributed by atoms with van der Waals surface area (Å²) in [4.78, 5) is 26.4. The number of hydrogen-bond donors (Lipinski definition) is 1. The van der Waals surface area contributed by atoms with E-state index in [0.717, 1.165) is 23.5 Å². The quantitative estimate of drug-likeness (QED) is 0.458. The average Bonchev–Trinajstić information content (AvgIpc) is 3.24. The van der Waals surface area contributed by atoms with E-state index >= 15 is 0 Å². The second kappa shape index (κ2) is 7.63. The Balaban J connectivity index is 2.12. The lowest BCUT2D eigenvalue weighted by atomic mass is 10.3. The average molecular weight is 426 g/mol. The number of nitrogens with two attached hydrogens (primary N) is 1. The van der Waals surface area contributed by atoms with Gasteiger partial charge >= 0.3 is 11.8 Å². The zero-order chi connectivity index (χ0) is 20.5. The van der Waals surface area contributed by atoms with E-state index in [2.05, 4.69) is 4.99 Å². The van der Waals surface area contributed by atoms with Crippen molar-refractivity contribution < 1.29 is 27.3 Å². The molecule has 13 heteroatoms. The van der Waals surface area contributed by atoms with Crippen LogP contribution in [0.15, 0.2) is 44.6 Å². The van der Waals surface area contributed by atoms with Gasteiger partial charge in [-0.2, -0.15) is 4.99 Å². The maximum atomic E-state index is 12.3. The molecule has 0 spiro atoms. The molecule has 0 aliphatic rings. The number of sulfonamides is 1. The smallest absolute Gasteiger partial charge is 0.395 e. The number of carbonyl (C=O) groups is 1. The van der Waals surface area contributed by atoms with Gasteiger partial charge in [0, 0.05) is 13.7 Å². The molecule has 148 valence electrons. The van der Waals surface area contributed by atoms with E-state index in [9.17, 15) is 23.3 Å². The van der Waals surface area contributed by atoms with Crippen LogP contribution in [0.5, 0.6) is 0 Å². The Kier molecular flexibility index (Phi) is 5.42. The Bertz CT molecular complexity index is 1240. The van der Waals surface area contributed by atoms with E-state index in [4.69, 9.17) is 14.3 Å². The van der Waals surface area contributed by atoms with Crippen LogP contribution < -0.4 is 9.94 Å². The first-order valence-electron chi connectivity index (χ1n) is 7.69. The molecule has 0 fully saturated rings. The number of carbonyl (C=O) groups excluding carboxylic acids is 1. The predicted octanol–water partition coefficient (Wildman–Crippen LogP) is 1.24. The van der Waals surface area contributed by atoms with Gasteiger partial charge in [-0.05, 0) is 24.3 Å². The third-order valence-corrected chi connectivity index (χ3v) is 5.63. The summed E-state index contributed by atoms with van der Waals surface area (Å²) >= 11 is 1.07. The van der Waals surface area contributed by atoms with Gasteiger partial charge < -0.3 is 13.7 Å². The molecular weight excluding hydrogens is 412 g/mol. The minimum absolute atomic E-state index is 0.0697. The molecule has 0 aliphatic heterocycles. The van der Waals surface area contributed by atoms with E-state index in [1.807, 2.05) is 0 Å². The summed E-state index contributed by atoms with van der Waals surface area (Å²) in [5.74, 6) is -1.66. The van der Waals surface area contributed by atoms with Crippen molar-refractivity contribution in [2.45, 2.75) is 11.4 Å². The molecular formula is C15H14N4O7S2. The first-order valence-corrected chi connectivity index (χ1v) is 10.1. The number of nitro groups is 1. The zero-order valence-corrected chi connectivity index (χ0v) is 16.0. The van der Waals surface area contributed by atoms with Gasteiger partial charge in [-0.15, -0.1) is 0 Å². The largest absolute Gasteiger partial charge is 0.433 e. The molecule has 0 unspecified atom stereocenters. The Labute approximate surface area is 161 Å². The van der Waals surface area contributed by atoms with Crippen LogP contribution in [0.3, 0.4) is 0 Å². The van der Waals surface area contributed by atoms with Crippen molar-refractivity contribution in [3.05, 3.63) is 51.0 Å². The van der Waals surface area contributed by atoms with Crippen molar-refractivity contribution >= 4 is 43.4 Å². The van der Waals surface area contributed by atoms with Crippen molar-refractivity contribution in [1.29, 1.82) is 0 Å². The zero-order valence-electron chi connectivity index (χ0n) is 14.4. The number of aromatic nitrogens is 1. The molecule has 0 atom stereocenters. The van der Waals surface area contributed by atoms with Crippen LogP contribution in [0.1, 0.15) is 10.6 Å². The molecule has 0 saturated carbocycles. The first-order chi connectivity index (χ1) is 13.2. The van der Waals surface area contributed by atoms with Gasteiger partial charge in [-0.3, -0.25) is 14.9 Å². The number of amides is 1. The molecule has 2 aromatic heterocycles. The Morgan fingerprint density at radius 3 is 2.75 bits per heavy atom. The van der Waals surface area contributed by atoms with Gasteiger partial charge in [0.05, 0.1) is 27.8 Å². The maximum Gasteiger partial charge on any atom is 0.433 e. The number of hydrogen-bond acceptors (Lipinski definition) is 8. The number of furan rings is 1. The molecule has 11 nitrogen and oxygen atoms in total. The number of rotatable bonds is 6. The summed E-state index contributed by atoms with van der Waals surface area (Å²) in [5.41, 5.74) is 0.631. The number of methoxy groups -OCH3 is 1. The summed E-state index contributed by atoms with van der Waals surface area (Å²) in [5, 5.41) is 15.9. The van der Waals surface area contributed by atoms with E-state index in [-0.39, 0.29) is 15.5 Å². The Morgan fingerprint density at radius 1 is 1.39 bits per heavy atom. The van der Waals surface area contributed by atoms with Crippen LogP contribution in [0.25, 0.3) is 10.2 Å². The van der Waals surface area contributed by atoms with Crippen LogP contribution in [0, 0.1) is 10.1 Å². The molecule has 3 rings (SSSR count). The van der Waals surface area contributed by atoms with Crippen molar-refractivity contribution in [2.24, 2.45) is 10.1 Å². The minimum Gasteiger partial charge on any atom is -0.395 e. The molecule has 0 radical (unpaired) electrons. The molecule has 1 aromatic carbocycles. The molecule has 2 N–H and O–H groups in total. The summed E-state index contributed by atoms with van der Waals surface area (Å²) in [6.45, 7) is 0.659. The van der Waals surface area contributed by atoms with Crippen molar-refractivity contribution in [2.75, 3.05) is 13.7 Å². The summed E-state index contributed by atoms with van der Waals surface area (Å²) in [6.07, 6.45) is 0. The van der Waals surface area contributed by atoms with Crippen molar-refractivity contribution in [1.82, 2.24) is 4.57 Å². The normalized spacial score (nSPS) is 12.6. The lowest BCUT2D eigenvalue weighted by Gasteiger charge is -2.04. The van der Waals surface area contributed by atoms with Gasteiger partial charge in [-0.25, -0.2) is 13.6 Å². The Hall–Kier alpha value is -2.87. The lowest BCUT2D eigenvalue weighted by molar-refractivity contribution is -0.402. The molecule has 0 aliphatic carbocycles. The molecule has 2 heterocycles. The van der Waals surface area contributed by atoms with Crippen molar-refractivity contribution in [3.63, 3.8) is 0 Å². The lowest BCUT2D eigenvalue weighted by Crippen LogP contribution is -2.19. The summed E-state index contributed by atoms with van der Waals surface area (Å²) < 4.78 is 35.3. The van der Waals surface area contributed by atoms with Crippen molar-refractivity contribution in [3.8, 4) is 0 Å². The minimum atomic E-state index is -3.89. The van der Waals surface area contributed by atoms with Gasteiger partial charge in [0.2, 0.25) is 15.8 Å². The van der Waals surface area contributed by atoms with Crippen LogP contribution in [0.4, 0.5) is 5.88 Å². The first kappa shape index (κ1) is 19.9. The standard InChI is InChI=1S/C15H14N4O7S2/c1-25-7-6-18-10-3-2-9(28(16,23)24)8-12(10)27-15(18)17-14(20)11-4-5-13(26-11)19(21)22/h2-5,8H,6-7H2,1H3,(H2,16,23,24). The fourth-order valence-corrected chi connectivity index (χ4v) is 4.11. The highest BCUT2D eigenvalue weighted by molar-refractivity contribution is 7.89. The maximum absolute atomic E-state index is 12.3. The van der Waals surface area contributed by atoms with Gasteiger partial charge in [-0.1, -0.05) is 11.3 Å². The predicted molar refractivity (Wildman–Crippen MR) is 98.3 cm³/mol. The number of ether oxygens (including phenoxy) is 1. The number of primary sulfonamides is 1. The third-order valence-electron chi connectivity index (χ3n) is 3.68. The highest BCUT2D eigenvalue weighted by atomic mass is 32.2. The third kappa shape index (κ3) is 4.01. The van der Waals surface area contributed by atoms with Gasteiger partial charge in [0.15, 0.2) is 4.80 Å². The molecule has 28 heavy (non-hydrogen) atoms. The monoisotopic (exact) mass is 426 g/mol. The highest BCUT2D eigenvalue weighted by Gasteiger charge is 2.18. The summed E-state index contributed by atoms with van der Waals surface area (Å²) in [7, 11) is -2.38. The topological polar surface area (TPSA) is 160 Å². The number of benzene rings is 1. The number of nitrogens with zero attached hydrogens (tertiary/aromatic N) is 3. The molecule has 0 bridgehead atoms. The fourth-order valence-electron chi connectivity index (χ4n) is 2.40. The van der Waals surface area contributed by atoms with Crippen LogP contribution >= 0.6 is 11.3 Å². The number of fused-ring (bicyclic) bond motifs is 1. The summed E-state index contributed by atoms with van der Waals surface area (Å²) in [6, 6.07) is 6.53. The molecule has 1 amide bonds.